The van der Waals surface area contributed by atoms with Crippen LogP contribution in [0, 0.1) is 0 Å². The first-order chi connectivity index (χ1) is 16.4. The Hall–Kier alpha value is -4.10. The van der Waals surface area contributed by atoms with E-state index in [4.69, 9.17) is 20.8 Å². The Balaban J connectivity index is 1.45. The molecule has 0 unspecified atom stereocenters. The summed E-state index contributed by atoms with van der Waals surface area (Å²) in [6.07, 6.45) is 0.0363. The van der Waals surface area contributed by atoms with Gasteiger partial charge in [-0.15, -0.1) is 0 Å². The van der Waals surface area contributed by atoms with Crippen LogP contribution in [0.2, 0.25) is 5.02 Å². The molecule has 1 amide bonds. The molecule has 4 aromatic rings. The quantitative estimate of drug-likeness (QED) is 0.392. The molecule has 0 aliphatic rings. The van der Waals surface area contributed by atoms with Crippen molar-refractivity contribution in [1.82, 2.24) is 5.32 Å². The van der Waals surface area contributed by atoms with E-state index < -0.39 is 30.2 Å². The summed E-state index contributed by atoms with van der Waals surface area (Å²) in [6, 6.07) is 21.1. The Morgan fingerprint density at radius 1 is 1.00 bits per heavy atom. The van der Waals surface area contributed by atoms with E-state index in [1.165, 1.54) is 12.1 Å². The normalized spacial score (nSPS) is 11.7. The van der Waals surface area contributed by atoms with E-state index in [1.54, 1.807) is 36.4 Å². The van der Waals surface area contributed by atoms with Gasteiger partial charge in [0.1, 0.15) is 11.3 Å². The lowest BCUT2D eigenvalue weighted by molar-refractivity contribution is -0.308. The molecule has 34 heavy (non-hydrogen) atoms. The molecule has 8 heteroatoms. The van der Waals surface area contributed by atoms with Gasteiger partial charge in [0, 0.05) is 22.5 Å². The number of halogens is 1. The molecule has 4 rings (SSSR count). The average Bonchev–Trinajstić information content (AvgIpc) is 2.83. The second-order valence-corrected chi connectivity index (χ2v) is 8.00. The van der Waals surface area contributed by atoms with Crippen molar-refractivity contribution in [3.63, 3.8) is 0 Å². The van der Waals surface area contributed by atoms with E-state index in [-0.39, 0.29) is 6.42 Å². The second-order valence-electron chi connectivity index (χ2n) is 7.56. The molecular weight excluding hydrogens is 458 g/mol. The lowest BCUT2D eigenvalue weighted by Gasteiger charge is -2.20. The molecule has 0 saturated carbocycles. The van der Waals surface area contributed by atoms with Crippen molar-refractivity contribution in [3.05, 3.63) is 99.9 Å². The van der Waals surface area contributed by atoms with Crippen LogP contribution in [0.3, 0.4) is 0 Å². The molecule has 7 nitrogen and oxygen atoms in total. The number of fused-ring (bicyclic) bond motifs is 1. The topological polar surface area (TPSA) is 109 Å². The van der Waals surface area contributed by atoms with E-state index in [0.717, 1.165) is 11.1 Å². The van der Waals surface area contributed by atoms with E-state index in [0.29, 0.717) is 27.3 Å². The van der Waals surface area contributed by atoms with Crippen molar-refractivity contribution in [2.45, 2.75) is 12.5 Å². The maximum absolute atomic E-state index is 12.3. The van der Waals surface area contributed by atoms with Gasteiger partial charge in [0.25, 0.3) is 5.91 Å². The van der Waals surface area contributed by atoms with Crippen LogP contribution in [-0.4, -0.2) is 24.5 Å². The number of aliphatic carboxylic acids is 1. The van der Waals surface area contributed by atoms with Crippen molar-refractivity contribution in [1.29, 1.82) is 0 Å². The van der Waals surface area contributed by atoms with Gasteiger partial charge in [-0.05, 0) is 47.4 Å². The Kier molecular flexibility index (Phi) is 6.94. The molecule has 1 heterocycles. The first kappa shape index (κ1) is 23.1. The zero-order valence-electron chi connectivity index (χ0n) is 17.8. The third-order valence-electron chi connectivity index (χ3n) is 5.14. The molecule has 0 fully saturated rings. The summed E-state index contributed by atoms with van der Waals surface area (Å²) in [5, 5.41) is 15.1. The minimum Gasteiger partial charge on any atom is -0.548 e. The third-order valence-corrected chi connectivity index (χ3v) is 5.40. The van der Waals surface area contributed by atoms with Gasteiger partial charge >= 0.3 is 5.63 Å². The summed E-state index contributed by atoms with van der Waals surface area (Å²) in [5.41, 5.74) is 2.05. The predicted octanol–water partition coefficient (Wildman–Crippen LogP) is 2.97. The monoisotopic (exact) mass is 476 g/mol. The summed E-state index contributed by atoms with van der Waals surface area (Å²) in [7, 11) is 0. The largest absolute Gasteiger partial charge is 0.548 e. The van der Waals surface area contributed by atoms with Crippen molar-refractivity contribution in [2.75, 3.05) is 6.61 Å². The second kappa shape index (κ2) is 10.2. The number of ether oxygens (including phenoxy) is 1. The first-order valence-electron chi connectivity index (χ1n) is 10.4. The number of carboxylic acid groups (broad SMARTS) is 1. The third kappa shape index (κ3) is 5.63. The Morgan fingerprint density at radius 3 is 2.44 bits per heavy atom. The van der Waals surface area contributed by atoms with Crippen molar-refractivity contribution in [3.8, 4) is 16.9 Å². The molecule has 0 saturated heterocycles. The average molecular weight is 477 g/mol. The minimum atomic E-state index is -1.41. The number of carbonyl (C=O) groups excluding carboxylic acids is 2. The van der Waals surface area contributed by atoms with E-state index in [1.807, 2.05) is 30.3 Å². The van der Waals surface area contributed by atoms with E-state index >= 15 is 0 Å². The van der Waals surface area contributed by atoms with E-state index in [9.17, 15) is 19.5 Å². The number of amides is 1. The van der Waals surface area contributed by atoms with Crippen LogP contribution in [-0.2, 0) is 16.0 Å². The fraction of sp³-hybridized carbons (Fsp3) is 0.115. The summed E-state index contributed by atoms with van der Waals surface area (Å²) >= 11 is 5.84. The van der Waals surface area contributed by atoms with Crippen LogP contribution in [0.25, 0.3) is 22.1 Å². The molecule has 0 radical (unpaired) electrons. The molecule has 0 aliphatic carbocycles. The smallest absolute Gasteiger partial charge is 0.336 e. The van der Waals surface area contributed by atoms with Gasteiger partial charge in [0.05, 0.1) is 12.0 Å². The molecule has 0 aliphatic heterocycles. The molecule has 3 aromatic carbocycles. The number of hydrogen-bond acceptors (Lipinski definition) is 6. The van der Waals surface area contributed by atoms with Crippen LogP contribution < -0.4 is 20.8 Å². The maximum Gasteiger partial charge on any atom is 0.336 e. The molecule has 1 N–H and O–H groups in total. The van der Waals surface area contributed by atoms with Gasteiger partial charge in [-0.3, -0.25) is 4.79 Å². The van der Waals surface area contributed by atoms with Crippen molar-refractivity contribution in [2.24, 2.45) is 0 Å². The van der Waals surface area contributed by atoms with Crippen LogP contribution in [0.5, 0.6) is 5.75 Å². The minimum absolute atomic E-state index is 0.0363. The lowest BCUT2D eigenvalue weighted by Crippen LogP contribution is -2.50. The van der Waals surface area contributed by atoms with Crippen molar-refractivity contribution >= 4 is 34.4 Å². The SMILES string of the molecule is O=C(COc1ccc2c(-c3ccccc3)cc(=O)oc2c1)N[C@@H](Cc1ccc(Cl)cc1)C(=O)[O-]. The van der Waals surface area contributed by atoms with Gasteiger partial charge in [0.15, 0.2) is 6.61 Å². The van der Waals surface area contributed by atoms with E-state index in [2.05, 4.69) is 5.32 Å². The maximum atomic E-state index is 12.3. The van der Waals surface area contributed by atoms with Gasteiger partial charge in [-0.1, -0.05) is 54.1 Å². The zero-order chi connectivity index (χ0) is 24.1. The highest BCUT2D eigenvalue weighted by atomic mass is 35.5. The first-order valence-corrected chi connectivity index (χ1v) is 10.8. The molecule has 172 valence electrons. The zero-order valence-corrected chi connectivity index (χ0v) is 18.6. The highest BCUT2D eigenvalue weighted by Crippen LogP contribution is 2.29. The number of hydrogen-bond donors (Lipinski definition) is 1. The number of carbonyl (C=O) groups is 2. The standard InChI is InChI=1S/C26H20ClNO6/c27-18-8-6-16(7-9-18)12-22(26(31)32)28-24(29)15-33-19-10-11-20-21(17-4-2-1-3-5-17)14-25(30)34-23(20)13-19/h1-11,13-14,22H,12,15H2,(H,28,29)(H,31,32)/p-1/t22-/m0/s1. The van der Waals surface area contributed by atoms with Gasteiger partial charge in [-0.2, -0.15) is 0 Å². The van der Waals surface area contributed by atoms with Gasteiger partial charge in [-0.25, -0.2) is 4.79 Å². The van der Waals surface area contributed by atoms with Gasteiger partial charge < -0.3 is 24.4 Å². The summed E-state index contributed by atoms with van der Waals surface area (Å²) in [6.45, 7) is -0.432. The molecular formula is C26H19ClNO6-. The molecule has 1 atom stereocenters. The lowest BCUT2D eigenvalue weighted by atomic mass is 10.0. The Labute approximate surface area is 199 Å². The Bertz CT molecular complexity index is 1380. The fourth-order valence-electron chi connectivity index (χ4n) is 3.52. The number of nitrogens with one attached hydrogen (secondary N) is 1. The highest BCUT2D eigenvalue weighted by Gasteiger charge is 2.15. The predicted molar refractivity (Wildman–Crippen MR) is 126 cm³/mol. The van der Waals surface area contributed by atoms with Crippen LogP contribution in [0.15, 0.2) is 88.1 Å². The molecule has 1 aromatic heterocycles. The summed E-state index contributed by atoms with van der Waals surface area (Å²) in [5.74, 6) is -1.76. The van der Waals surface area contributed by atoms with Crippen molar-refractivity contribution < 1.29 is 23.8 Å². The summed E-state index contributed by atoms with van der Waals surface area (Å²) < 4.78 is 10.8. The number of carboxylic acids is 1. The number of rotatable bonds is 8. The fourth-order valence-corrected chi connectivity index (χ4v) is 3.65. The highest BCUT2D eigenvalue weighted by molar-refractivity contribution is 6.30. The Morgan fingerprint density at radius 2 is 1.74 bits per heavy atom. The molecule has 0 spiro atoms. The molecule has 0 bridgehead atoms. The van der Waals surface area contributed by atoms with Crippen LogP contribution in [0.1, 0.15) is 5.56 Å². The number of benzene rings is 3. The summed E-state index contributed by atoms with van der Waals surface area (Å²) in [4.78, 5) is 35.9. The van der Waals surface area contributed by atoms with Crippen LogP contribution >= 0.6 is 11.6 Å². The van der Waals surface area contributed by atoms with Gasteiger partial charge in [0.2, 0.25) is 0 Å². The van der Waals surface area contributed by atoms with Crippen LogP contribution in [0.4, 0.5) is 0 Å².